The zero-order valence-electron chi connectivity index (χ0n) is 11.1. The van der Waals surface area contributed by atoms with Gasteiger partial charge in [-0.1, -0.05) is 12.1 Å². The van der Waals surface area contributed by atoms with Crippen molar-refractivity contribution in [1.82, 2.24) is 4.90 Å². The van der Waals surface area contributed by atoms with Crippen molar-refractivity contribution in [1.29, 1.82) is 0 Å². The standard InChI is InChI=1S/C14H18N2O4/c15-13(17)11-5-3-7-16(11)8-9-20-12-6-2-1-4-10(12)14(18)19/h1-2,4,6,11H,3,5,7-9H2,(H2,15,17)(H,18,19). The van der Waals surface area contributed by atoms with Crippen LogP contribution in [0.25, 0.3) is 0 Å². The van der Waals surface area contributed by atoms with Crippen molar-refractivity contribution < 1.29 is 19.4 Å². The zero-order chi connectivity index (χ0) is 14.5. The van der Waals surface area contributed by atoms with Crippen LogP contribution >= 0.6 is 0 Å². The molecule has 6 heteroatoms. The van der Waals surface area contributed by atoms with Crippen molar-refractivity contribution in [3.05, 3.63) is 29.8 Å². The van der Waals surface area contributed by atoms with Crippen LogP contribution in [0.2, 0.25) is 0 Å². The Morgan fingerprint density at radius 2 is 2.15 bits per heavy atom. The van der Waals surface area contributed by atoms with Crippen LogP contribution in [0.1, 0.15) is 23.2 Å². The van der Waals surface area contributed by atoms with Gasteiger partial charge in [0.25, 0.3) is 0 Å². The van der Waals surface area contributed by atoms with E-state index in [0.29, 0.717) is 18.9 Å². The summed E-state index contributed by atoms with van der Waals surface area (Å²) in [6, 6.07) is 6.27. The van der Waals surface area contributed by atoms with Crippen molar-refractivity contribution in [3.8, 4) is 5.75 Å². The number of likely N-dealkylation sites (tertiary alicyclic amines) is 1. The van der Waals surface area contributed by atoms with Crippen molar-refractivity contribution in [2.75, 3.05) is 19.7 Å². The molecule has 2 rings (SSSR count). The minimum atomic E-state index is -1.02. The molecule has 1 aliphatic rings. The summed E-state index contributed by atoms with van der Waals surface area (Å²) >= 11 is 0. The maximum absolute atomic E-state index is 11.3. The van der Waals surface area contributed by atoms with Gasteiger partial charge < -0.3 is 15.6 Å². The highest BCUT2D eigenvalue weighted by molar-refractivity contribution is 5.90. The van der Waals surface area contributed by atoms with E-state index >= 15 is 0 Å². The Hall–Kier alpha value is -2.08. The number of hydrogen-bond donors (Lipinski definition) is 2. The van der Waals surface area contributed by atoms with Crippen LogP contribution in [0, 0.1) is 0 Å². The van der Waals surface area contributed by atoms with Gasteiger partial charge in [-0.3, -0.25) is 9.69 Å². The SMILES string of the molecule is NC(=O)C1CCCN1CCOc1ccccc1C(=O)O. The Balaban J connectivity index is 1.90. The number of nitrogens with two attached hydrogens (primary N) is 1. The largest absolute Gasteiger partial charge is 0.491 e. The highest BCUT2D eigenvalue weighted by Crippen LogP contribution is 2.19. The van der Waals surface area contributed by atoms with Gasteiger partial charge in [0.1, 0.15) is 17.9 Å². The summed E-state index contributed by atoms with van der Waals surface area (Å²) in [5.41, 5.74) is 5.47. The van der Waals surface area contributed by atoms with Gasteiger partial charge in [-0.05, 0) is 31.5 Å². The van der Waals surface area contributed by atoms with Gasteiger partial charge in [0, 0.05) is 6.54 Å². The van der Waals surface area contributed by atoms with Crippen LogP contribution in [0.3, 0.4) is 0 Å². The maximum atomic E-state index is 11.3. The number of benzene rings is 1. The molecule has 3 N–H and O–H groups in total. The Labute approximate surface area is 117 Å². The van der Waals surface area contributed by atoms with Gasteiger partial charge >= 0.3 is 5.97 Å². The number of carbonyl (C=O) groups is 2. The van der Waals surface area contributed by atoms with Crippen LogP contribution < -0.4 is 10.5 Å². The summed E-state index contributed by atoms with van der Waals surface area (Å²) in [6.45, 7) is 1.70. The number of hydrogen-bond acceptors (Lipinski definition) is 4. The molecule has 1 unspecified atom stereocenters. The Morgan fingerprint density at radius 3 is 2.85 bits per heavy atom. The summed E-state index contributed by atoms with van der Waals surface area (Å²) in [4.78, 5) is 24.3. The average Bonchev–Trinajstić information content (AvgIpc) is 2.87. The van der Waals surface area contributed by atoms with E-state index in [-0.39, 0.29) is 17.5 Å². The van der Waals surface area contributed by atoms with Crippen molar-refractivity contribution in [2.45, 2.75) is 18.9 Å². The first kappa shape index (κ1) is 14.3. The number of carbonyl (C=O) groups excluding carboxylic acids is 1. The predicted octanol–water partition coefficient (Wildman–Crippen LogP) is 0.713. The molecular weight excluding hydrogens is 260 g/mol. The molecule has 0 radical (unpaired) electrons. The van der Waals surface area contributed by atoms with Crippen molar-refractivity contribution in [2.24, 2.45) is 5.73 Å². The third kappa shape index (κ3) is 3.27. The fourth-order valence-electron chi connectivity index (χ4n) is 2.46. The second-order valence-electron chi connectivity index (χ2n) is 4.75. The molecule has 1 atom stereocenters. The van der Waals surface area contributed by atoms with Gasteiger partial charge in [0.2, 0.25) is 5.91 Å². The second kappa shape index (κ2) is 6.38. The van der Waals surface area contributed by atoms with E-state index in [0.717, 1.165) is 19.4 Å². The van der Waals surface area contributed by atoms with E-state index < -0.39 is 5.97 Å². The van der Waals surface area contributed by atoms with Crippen LogP contribution in [0.15, 0.2) is 24.3 Å². The van der Waals surface area contributed by atoms with Gasteiger partial charge in [-0.15, -0.1) is 0 Å². The molecule has 0 saturated carbocycles. The second-order valence-corrected chi connectivity index (χ2v) is 4.75. The molecule has 1 heterocycles. The Morgan fingerprint density at radius 1 is 1.40 bits per heavy atom. The van der Waals surface area contributed by atoms with E-state index in [1.54, 1.807) is 18.2 Å². The van der Waals surface area contributed by atoms with Crippen LogP contribution in [0.5, 0.6) is 5.75 Å². The fraction of sp³-hybridized carbons (Fsp3) is 0.429. The van der Waals surface area contributed by atoms with E-state index in [9.17, 15) is 9.59 Å². The van der Waals surface area contributed by atoms with Crippen molar-refractivity contribution in [3.63, 3.8) is 0 Å². The third-order valence-corrected chi connectivity index (χ3v) is 3.45. The number of amides is 1. The lowest BCUT2D eigenvalue weighted by molar-refractivity contribution is -0.122. The first-order valence-corrected chi connectivity index (χ1v) is 6.58. The summed E-state index contributed by atoms with van der Waals surface area (Å²) < 4.78 is 5.51. The Kier molecular flexibility index (Phi) is 4.57. The molecule has 0 bridgehead atoms. The van der Waals surface area contributed by atoms with Crippen LogP contribution in [-0.4, -0.2) is 47.6 Å². The Bertz CT molecular complexity index is 504. The number of carboxylic acids is 1. The molecule has 1 saturated heterocycles. The average molecular weight is 278 g/mol. The lowest BCUT2D eigenvalue weighted by atomic mass is 10.2. The highest BCUT2D eigenvalue weighted by atomic mass is 16.5. The van der Waals surface area contributed by atoms with Gasteiger partial charge in [-0.2, -0.15) is 0 Å². The van der Waals surface area contributed by atoms with Gasteiger partial charge in [0.15, 0.2) is 0 Å². The number of para-hydroxylation sites is 1. The van der Waals surface area contributed by atoms with Gasteiger partial charge in [0.05, 0.1) is 6.04 Å². The summed E-state index contributed by atoms with van der Waals surface area (Å²) in [7, 11) is 0. The minimum Gasteiger partial charge on any atom is -0.491 e. The zero-order valence-corrected chi connectivity index (χ0v) is 11.1. The lowest BCUT2D eigenvalue weighted by Gasteiger charge is -2.21. The monoisotopic (exact) mass is 278 g/mol. The number of nitrogens with zero attached hydrogens (tertiary/aromatic N) is 1. The van der Waals surface area contributed by atoms with E-state index in [1.807, 2.05) is 4.90 Å². The maximum Gasteiger partial charge on any atom is 0.339 e. The lowest BCUT2D eigenvalue weighted by Crippen LogP contribution is -2.42. The molecule has 1 aromatic carbocycles. The number of ether oxygens (including phenoxy) is 1. The normalized spacial score (nSPS) is 18.9. The summed E-state index contributed by atoms with van der Waals surface area (Å²) in [5, 5.41) is 9.04. The highest BCUT2D eigenvalue weighted by Gasteiger charge is 2.28. The van der Waals surface area contributed by atoms with Gasteiger partial charge in [-0.25, -0.2) is 4.79 Å². The molecule has 1 fully saturated rings. The molecule has 0 aromatic heterocycles. The molecule has 0 aliphatic carbocycles. The summed E-state index contributed by atoms with van der Waals surface area (Å²) in [6.07, 6.45) is 1.72. The van der Waals surface area contributed by atoms with Crippen LogP contribution in [-0.2, 0) is 4.79 Å². The summed E-state index contributed by atoms with van der Waals surface area (Å²) in [5.74, 6) is -0.986. The number of aromatic carboxylic acids is 1. The third-order valence-electron chi connectivity index (χ3n) is 3.45. The molecule has 0 spiro atoms. The molecule has 108 valence electrons. The molecule has 6 nitrogen and oxygen atoms in total. The fourth-order valence-corrected chi connectivity index (χ4v) is 2.46. The molecular formula is C14H18N2O4. The van der Waals surface area contributed by atoms with E-state index in [4.69, 9.17) is 15.6 Å². The molecule has 20 heavy (non-hydrogen) atoms. The van der Waals surface area contributed by atoms with Crippen molar-refractivity contribution >= 4 is 11.9 Å². The molecule has 1 amide bonds. The topological polar surface area (TPSA) is 92.9 Å². The van der Waals surface area contributed by atoms with Crippen LogP contribution in [0.4, 0.5) is 0 Å². The first-order valence-electron chi connectivity index (χ1n) is 6.58. The number of rotatable bonds is 6. The van der Waals surface area contributed by atoms with E-state index in [2.05, 4.69) is 0 Å². The smallest absolute Gasteiger partial charge is 0.339 e. The first-order chi connectivity index (χ1) is 9.59. The molecule has 1 aliphatic heterocycles. The molecule has 1 aromatic rings. The predicted molar refractivity (Wildman–Crippen MR) is 72.7 cm³/mol. The number of carboxylic acid groups (broad SMARTS) is 1. The quantitative estimate of drug-likeness (QED) is 0.799. The minimum absolute atomic E-state index is 0.139. The number of primary amides is 1. The van der Waals surface area contributed by atoms with E-state index in [1.165, 1.54) is 6.07 Å².